The smallest absolute Gasteiger partial charge is 0.265 e. The molecule has 0 saturated heterocycles. The molecular weight excluding hydrogens is 348 g/mol. The van der Waals surface area contributed by atoms with Crippen LogP contribution in [0.2, 0.25) is 0 Å². The number of imide groups is 1. The van der Waals surface area contributed by atoms with E-state index in [1.807, 2.05) is 31.2 Å². The van der Waals surface area contributed by atoms with Gasteiger partial charge in [0.05, 0.1) is 17.3 Å². The summed E-state index contributed by atoms with van der Waals surface area (Å²) >= 11 is 0. The normalized spacial score (nSPS) is 14.7. The third kappa shape index (κ3) is 3.00. The van der Waals surface area contributed by atoms with Gasteiger partial charge in [0.15, 0.2) is 0 Å². The second-order valence-electron chi connectivity index (χ2n) is 6.62. The van der Waals surface area contributed by atoms with Crippen molar-refractivity contribution in [2.75, 3.05) is 4.90 Å². The number of hydrogen-bond donors (Lipinski definition) is 0. The predicted molar refractivity (Wildman–Crippen MR) is 108 cm³/mol. The van der Waals surface area contributed by atoms with Crippen LogP contribution in [0, 0.1) is 18.3 Å². The molecule has 4 nitrogen and oxygen atoms in total. The molecule has 0 radical (unpaired) electrons. The lowest BCUT2D eigenvalue weighted by Crippen LogP contribution is -2.41. The Balaban J connectivity index is 1.88. The second kappa shape index (κ2) is 6.98. The minimum absolute atomic E-state index is 0.330. The number of carbonyl (C=O) groups excluding carboxylic acids is 2. The number of aryl methyl sites for hydroxylation is 1. The fourth-order valence-corrected chi connectivity index (χ4v) is 3.31. The van der Waals surface area contributed by atoms with Gasteiger partial charge in [-0.1, -0.05) is 42.5 Å². The molecule has 28 heavy (non-hydrogen) atoms. The molecule has 2 amide bonds. The van der Waals surface area contributed by atoms with Gasteiger partial charge in [-0.15, -0.1) is 0 Å². The lowest BCUT2D eigenvalue weighted by Gasteiger charge is -2.29. The van der Waals surface area contributed by atoms with Crippen molar-refractivity contribution < 1.29 is 9.59 Å². The van der Waals surface area contributed by atoms with Crippen molar-refractivity contribution in [3.8, 4) is 6.07 Å². The molecule has 3 aromatic carbocycles. The minimum Gasteiger partial charge on any atom is -0.268 e. The third-order valence-corrected chi connectivity index (χ3v) is 4.69. The van der Waals surface area contributed by atoms with Gasteiger partial charge in [-0.05, 0) is 60.0 Å². The number of hydrogen-bond acceptors (Lipinski definition) is 3. The van der Waals surface area contributed by atoms with Crippen LogP contribution >= 0.6 is 0 Å². The second-order valence-corrected chi connectivity index (χ2v) is 6.62. The van der Waals surface area contributed by atoms with Crippen molar-refractivity contribution in [2.24, 2.45) is 0 Å². The maximum atomic E-state index is 13.3. The molecule has 3 aromatic rings. The Bertz CT molecular complexity index is 1170. The average Bonchev–Trinajstić information content (AvgIpc) is 2.72. The van der Waals surface area contributed by atoms with Crippen molar-refractivity contribution >= 4 is 29.2 Å². The Morgan fingerprint density at radius 3 is 2.25 bits per heavy atom. The summed E-state index contributed by atoms with van der Waals surface area (Å²) in [6.45, 7) is 1.92. The van der Waals surface area contributed by atoms with Crippen molar-refractivity contribution in [1.29, 1.82) is 5.26 Å². The predicted octanol–water partition coefficient (Wildman–Crippen LogP) is 4.59. The van der Waals surface area contributed by atoms with E-state index in [1.54, 1.807) is 54.6 Å². The number of nitriles is 1. The summed E-state index contributed by atoms with van der Waals surface area (Å²) in [4.78, 5) is 27.6. The Hall–Kier alpha value is -3.97. The van der Waals surface area contributed by atoms with Gasteiger partial charge >= 0.3 is 0 Å². The molecule has 1 heterocycles. The molecule has 4 heteroatoms. The van der Waals surface area contributed by atoms with Gasteiger partial charge in [-0.2, -0.15) is 5.26 Å². The highest BCUT2D eigenvalue weighted by molar-refractivity contribution is 6.43. The van der Waals surface area contributed by atoms with E-state index in [-0.39, 0.29) is 11.8 Å². The molecular formula is C24H16N2O2. The number of carbonyl (C=O) groups is 2. The molecule has 134 valence electrons. The van der Waals surface area contributed by atoms with E-state index in [4.69, 9.17) is 5.26 Å². The molecule has 0 fully saturated rings. The van der Waals surface area contributed by atoms with Crippen molar-refractivity contribution in [3.05, 3.63) is 101 Å². The highest BCUT2D eigenvalue weighted by Crippen LogP contribution is 2.33. The molecule has 0 spiro atoms. The van der Waals surface area contributed by atoms with E-state index >= 15 is 0 Å². The van der Waals surface area contributed by atoms with Crippen molar-refractivity contribution in [1.82, 2.24) is 0 Å². The van der Waals surface area contributed by atoms with E-state index in [0.29, 0.717) is 28.0 Å². The first-order chi connectivity index (χ1) is 13.6. The summed E-state index contributed by atoms with van der Waals surface area (Å²) in [7, 11) is 0. The molecule has 0 saturated carbocycles. The zero-order valence-electron chi connectivity index (χ0n) is 15.2. The minimum atomic E-state index is -0.362. The first kappa shape index (κ1) is 17.4. The maximum Gasteiger partial charge on any atom is 0.265 e. The van der Waals surface area contributed by atoms with Gasteiger partial charge in [0.1, 0.15) is 0 Å². The van der Waals surface area contributed by atoms with Gasteiger partial charge < -0.3 is 0 Å². The van der Waals surface area contributed by atoms with E-state index < -0.39 is 0 Å². The van der Waals surface area contributed by atoms with Gasteiger partial charge in [0.2, 0.25) is 0 Å². The molecule has 0 N–H and O–H groups in total. The lowest BCUT2D eigenvalue weighted by molar-refractivity contribution is -0.112. The molecule has 0 aromatic heterocycles. The third-order valence-electron chi connectivity index (χ3n) is 4.69. The summed E-state index contributed by atoms with van der Waals surface area (Å²) in [6, 6.07) is 23.5. The molecule has 0 bridgehead atoms. The van der Waals surface area contributed by atoms with Crippen molar-refractivity contribution in [2.45, 2.75) is 6.92 Å². The highest BCUT2D eigenvalue weighted by atomic mass is 16.2. The van der Waals surface area contributed by atoms with E-state index in [9.17, 15) is 9.59 Å². The fraction of sp³-hybridized carbons (Fsp3) is 0.0417. The summed E-state index contributed by atoms with van der Waals surface area (Å²) in [5.74, 6) is -0.693. The molecule has 0 aliphatic carbocycles. The summed E-state index contributed by atoms with van der Waals surface area (Å²) in [5.41, 5.74) is 4.41. The van der Waals surface area contributed by atoms with Crippen LogP contribution in [0.4, 0.5) is 5.69 Å². The van der Waals surface area contributed by atoms with Crippen LogP contribution in [0.1, 0.15) is 32.6 Å². The number of anilines is 1. The Labute approximate surface area is 163 Å². The quantitative estimate of drug-likeness (QED) is 0.493. The zero-order valence-corrected chi connectivity index (χ0v) is 15.2. The van der Waals surface area contributed by atoms with E-state index in [1.165, 1.54) is 4.90 Å². The van der Waals surface area contributed by atoms with Crippen LogP contribution in [-0.2, 0) is 4.79 Å². The lowest BCUT2D eigenvalue weighted by atomic mass is 9.91. The van der Waals surface area contributed by atoms with Crippen LogP contribution < -0.4 is 4.90 Å². The number of benzene rings is 3. The first-order valence-electron chi connectivity index (χ1n) is 8.85. The standard InChI is InChI=1S/C24H16N2O2/c1-16-5-4-6-19(13-16)26-23(27)21-8-3-2-7-20(21)22(24(26)28)14-17-9-11-18(15-25)12-10-17/h2-14H,1H3/b22-14-. The number of nitrogens with zero attached hydrogens (tertiary/aromatic N) is 2. The summed E-state index contributed by atoms with van der Waals surface area (Å²) < 4.78 is 0. The van der Waals surface area contributed by atoms with E-state index in [2.05, 4.69) is 6.07 Å². The van der Waals surface area contributed by atoms with Crippen molar-refractivity contribution in [3.63, 3.8) is 0 Å². The fourth-order valence-electron chi connectivity index (χ4n) is 3.31. The highest BCUT2D eigenvalue weighted by Gasteiger charge is 2.35. The monoisotopic (exact) mass is 364 g/mol. The van der Waals surface area contributed by atoms with Crippen LogP contribution in [0.25, 0.3) is 11.6 Å². The van der Waals surface area contributed by atoms with E-state index in [0.717, 1.165) is 11.1 Å². The number of fused-ring (bicyclic) bond motifs is 1. The van der Waals surface area contributed by atoms with Crippen LogP contribution in [0.3, 0.4) is 0 Å². The average molecular weight is 364 g/mol. The number of amides is 2. The first-order valence-corrected chi connectivity index (χ1v) is 8.85. The largest absolute Gasteiger partial charge is 0.268 e. The Morgan fingerprint density at radius 1 is 0.857 bits per heavy atom. The van der Waals surface area contributed by atoms with Crippen LogP contribution in [-0.4, -0.2) is 11.8 Å². The number of rotatable bonds is 2. The van der Waals surface area contributed by atoms with Crippen LogP contribution in [0.5, 0.6) is 0 Å². The molecule has 1 aliphatic heterocycles. The maximum absolute atomic E-state index is 13.3. The SMILES string of the molecule is Cc1cccc(N2C(=O)/C(=C\c3ccc(C#N)cc3)c3ccccc3C2=O)c1. The Kier molecular flexibility index (Phi) is 4.35. The Morgan fingerprint density at radius 2 is 1.57 bits per heavy atom. The molecule has 1 aliphatic rings. The summed E-state index contributed by atoms with van der Waals surface area (Å²) in [6.07, 6.45) is 1.76. The van der Waals surface area contributed by atoms with Crippen LogP contribution in [0.15, 0.2) is 72.8 Å². The van der Waals surface area contributed by atoms with Gasteiger partial charge in [0.25, 0.3) is 11.8 Å². The van der Waals surface area contributed by atoms with Gasteiger partial charge in [-0.25, -0.2) is 4.90 Å². The molecule has 0 atom stereocenters. The molecule has 4 rings (SSSR count). The topological polar surface area (TPSA) is 61.2 Å². The van der Waals surface area contributed by atoms with Gasteiger partial charge in [0, 0.05) is 11.1 Å². The zero-order chi connectivity index (χ0) is 19.7. The summed E-state index contributed by atoms with van der Waals surface area (Å²) in [5, 5.41) is 8.97. The molecule has 0 unspecified atom stereocenters. The van der Waals surface area contributed by atoms with Gasteiger partial charge in [-0.3, -0.25) is 9.59 Å².